The van der Waals surface area contributed by atoms with Gasteiger partial charge in [0.25, 0.3) is 0 Å². The van der Waals surface area contributed by atoms with Gasteiger partial charge >= 0.3 is 0 Å². The van der Waals surface area contributed by atoms with Gasteiger partial charge in [0.15, 0.2) is 6.29 Å². The number of amides is 1. The van der Waals surface area contributed by atoms with Gasteiger partial charge in [-0.25, -0.2) is 0 Å². The number of ether oxygens (including phenoxy) is 2. The van der Waals surface area contributed by atoms with Gasteiger partial charge in [0.1, 0.15) is 36.6 Å². The minimum Gasteiger partial charge on any atom is -0.394 e. The summed E-state index contributed by atoms with van der Waals surface area (Å²) >= 11 is 0. The first-order valence-corrected chi connectivity index (χ1v) is 32.1. The van der Waals surface area contributed by atoms with E-state index < -0.39 is 74.2 Å². The van der Waals surface area contributed by atoms with Crippen molar-refractivity contribution < 1.29 is 50.0 Å². The number of hydrogen-bond acceptors (Lipinski definition) is 10. The van der Waals surface area contributed by atoms with Gasteiger partial charge in [0, 0.05) is 0 Å². The van der Waals surface area contributed by atoms with Crippen LogP contribution >= 0.6 is 0 Å². The molecule has 0 aromatic carbocycles. The van der Waals surface area contributed by atoms with E-state index in [4.69, 9.17) is 9.47 Å². The van der Waals surface area contributed by atoms with Crippen LogP contribution in [-0.4, -0.2) is 110 Å². The van der Waals surface area contributed by atoms with Crippen LogP contribution in [0, 0.1) is 0 Å². The molecule has 1 rings (SSSR count). The maximum atomic E-state index is 13.2. The van der Waals surface area contributed by atoms with Crippen LogP contribution in [-0.2, 0) is 14.3 Å². The number of rotatable bonds is 56. The van der Waals surface area contributed by atoms with E-state index in [-0.39, 0.29) is 6.42 Å². The molecule has 11 heteroatoms. The van der Waals surface area contributed by atoms with Crippen LogP contribution in [0.3, 0.4) is 0 Å². The molecule has 1 saturated heterocycles. The van der Waals surface area contributed by atoms with Crippen molar-refractivity contribution in [1.82, 2.24) is 5.32 Å². The molecular weight excluding hydrogens is 931 g/mol. The number of carbonyl (C=O) groups excluding carboxylic acids is 1. The van der Waals surface area contributed by atoms with Gasteiger partial charge in [-0.3, -0.25) is 4.79 Å². The lowest BCUT2D eigenvalue weighted by Crippen LogP contribution is -2.60. The Labute approximate surface area is 455 Å². The molecule has 0 bridgehead atoms. The van der Waals surface area contributed by atoms with Crippen molar-refractivity contribution in [1.29, 1.82) is 0 Å². The van der Waals surface area contributed by atoms with E-state index in [0.717, 1.165) is 51.4 Å². The van der Waals surface area contributed by atoms with Crippen LogP contribution in [0.25, 0.3) is 0 Å². The molecule has 1 aliphatic rings. The average Bonchev–Trinajstić information content (AvgIpc) is 3.40. The Morgan fingerprint density at radius 1 is 0.459 bits per heavy atom. The number of carbonyl (C=O) groups is 1. The Bertz CT molecular complexity index is 1210. The summed E-state index contributed by atoms with van der Waals surface area (Å²) in [4.78, 5) is 13.2. The lowest BCUT2D eigenvalue weighted by atomic mass is 9.98. The molecule has 0 aromatic rings. The van der Waals surface area contributed by atoms with E-state index in [9.17, 15) is 40.5 Å². The summed E-state index contributed by atoms with van der Waals surface area (Å²) in [6.07, 6.45) is 51.3. The van der Waals surface area contributed by atoms with Gasteiger partial charge in [0.05, 0.1) is 25.4 Å². The lowest BCUT2D eigenvalue weighted by Gasteiger charge is -2.40. The third kappa shape index (κ3) is 40.1. The maximum absolute atomic E-state index is 13.2. The predicted molar refractivity (Wildman–Crippen MR) is 307 cm³/mol. The highest BCUT2D eigenvalue weighted by atomic mass is 16.7. The van der Waals surface area contributed by atoms with Gasteiger partial charge in [-0.15, -0.1) is 0 Å². The second-order valence-corrected chi connectivity index (χ2v) is 22.8. The summed E-state index contributed by atoms with van der Waals surface area (Å²) < 4.78 is 11.2. The molecule has 9 unspecified atom stereocenters. The first kappa shape index (κ1) is 70.9. The van der Waals surface area contributed by atoms with E-state index >= 15 is 0 Å². The van der Waals surface area contributed by atoms with Crippen molar-refractivity contribution in [2.75, 3.05) is 13.2 Å². The summed E-state index contributed by atoms with van der Waals surface area (Å²) in [5, 5.41) is 76.4. The van der Waals surface area contributed by atoms with E-state index in [1.807, 2.05) is 0 Å². The van der Waals surface area contributed by atoms with Crippen LogP contribution in [0.5, 0.6) is 0 Å². The molecule has 1 aliphatic heterocycles. The van der Waals surface area contributed by atoms with Gasteiger partial charge in [-0.1, -0.05) is 289 Å². The fourth-order valence-corrected chi connectivity index (χ4v) is 10.6. The maximum Gasteiger partial charge on any atom is 0.249 e. The second-order valence-electron chi connectivity index (χ2n) is 22.8. The number of aliphatic hydroxyl groups is 7. The highest BCUT2D eigenvalue weighted by Crippen LogP contribution is 2.24. The number of nitrogens with one attached hydrogen (secondary N) is 1. The van der Waals surface area contributed by atoms with Crippen LogP contribution in [0.4, 0.5) is 0 Å². The molecule has 0 aliphatic carbocycles. The third-order valence-electron chi connectivity index (χ3n) is 15.8. The van der Waals surface area contributed by atoms with Crippen molar-refractivity contribution >= 4 is 5.91 Å². The van der Waals surface area contributed by atoms with Crippen LogP contribution in [0.1, 0.15) is 316 Å². The fourth-order valence-electron chi connectivity index (χ4n) is 10.6. The zero-order chi connectivity index (χ0) is 54.0. The van der Waals surface area contributed by atoms with Crippen LogP contribution in [0.15, 0.2) is 12.2 Å². The van der Waals surface area contributed by atoms with Gasteiger partial charge in [-0.05, 0) is 38.5 Å². The number of unbranched alkanes of at least 4 members (excludes halogenated alkanes) is 42. The Hall–Kier alpha value is -1.15. The Kier molecular flexibility index (Phi) is 50.3. The zero-order valence-electron chi connectivity index (χ0n) is 48.4. The van der Waals surface area contributed by atoms with E-state index in [2.05, 4.69) is 31.3 Å². The van der Waals surface area contributed by atoms with Crippen molar-refractivity contribution in [3.05, 3.63) is 12.2 Å². The molecule has 1 amide bonds. The van der Waals surface area contributed by atoms with E-state index in [1.54, 1.807) is 0 Å². The lowest BCUT2D eigenvalue weighted by molar-refractivity contribution is -0.303. The van der Waals surface area contributed by atoms with Gasteiger partial charge < -0.3 is 50.5 Å². The molecule has 9 atom stereocenters. The Morgan fingerprint density at radius 2 is 0.784 bits per heavy atom. The van der Waals surface area contributed by atoms with Crippen molar-refractivity contribution in [3.8, 4) is 0 Å². The summed E-state index contributed by atoms with van der Waals surface area (Å²) in [5.74, 6) is -0.696. The smallest absolute Gasteiger partial charge is 0.249 e. The number of aliphatic hydroxyl groups excluding tert-OH is 7. The van der Waals surface area contributed by atoms with Gasteiger partial charge in [-0.2, -0.15) is 0 Å². The number of allylic oxidation sites excluding steroid dienone is 2. The molecule has 0 saturated carbocycles. The molecule has 440 valence electrons. The predicted octanol–water partition coefficient (Wildman–Crippen LogP) is 14.3. The monoisotopic (exact) mass is 1050 g/mol. The van der Waals surface area contributed by atoms with Gasteiger partial charge in [0.2, 0.25) is 5.91 Å². The summed E-state index contributed by atoms with van der Waals surface area (Å²) in [5.41, 5.74) is 0. The van der Waals surface area contributed by atoms with E-state index in [0.29, 0.717) is 19.3 Å². The number of hydrogen-bond donors (Lipinski definition) is 8. The fraction of sp³-hybridized carbons (Fsp3) is 0.952. The SMILES string of the molecule is CCCCCCCCCCCCC/C=C\CCCCCCCCC(O)C(=O)NC(COC1OC(CO)C(O)C(O)C1O)C(O)C(O)CCCCCCCCCCCCCCCCCCCCCCCCCCCC. The zero-order valence-corrected chi connectivity index (χ0v) is 48.4. The molecule has 11 nitrogen and oxygen atoms in total. The normalized spacial score (nSPS) is 19.8. The Morgan fingerprint density at radius 3 is 1.14 bits per heavy atom. The molecule has 8 N–H and O–H groups in total. The first-order chi connectivity index (χ1) is 36.2. The molecule has 74 heavy (non-hydrogen) atoms. The van der Waals surface area contributed by atoms with E-state index in [1.165, 1.54) is 225 Å². The summed E-state index contributed by atoms with van der Waals surface area (Å²) in [7, 11) is 0. The Balaban J connectivity index is 2.25. The summed E-state index contributed by atoms with van der Waals surface area (Å²) in [6.45, 7) is 3.50. The quantitative estimate of drug-likeness (QED) is 0.0215. The van der Waals surface area contributed by atoms with Crippen molar-refractivity contribution in [3.63, 3.8) is 0 Å². The minimum atomic E-state index is -1.66. The standard InChI is InChI=1S/C63H123NO10/c1-3-5-7-9-11-13-15-17-19-21-23-25-26-27-28-29-31-32-34-36-38-40-42-44-46-48-50-55(66)58(68)54(53-73-63-61(71)60(70)59(69)57(52-65)74-63)64-62(72)56(67)51-49-47-45-43-41-39-37-35-33-30-24-22-20-18-16-14-12-10-8-6-4-2/h33,35,54-61,63,65-71H,3-32,34,36-53H2,1-2H3,(H,64,72)/b35-33-. The molecule has 0 spiro atoms. The van der Waals surface area contributed by atoms with Crippen LogP contribution < -0.4 is 5.32 Å². The topological polar surface area (TPSA) is 189 Å². The molecule has 1 fully saturated rings. The second kappa shape index (κ2) is 52.5. The highest BCUT2D eigenvalue weighted by molar-refractivity contribution is 5.80. The van der Waals surface area contributed by atoms with Crippen LogP contribution in [0.2, 0.25) is 0 Å². The summed E-state index contributed by atoms with van der Waals surface area (Å²) in [6, 6.07) is -1.17. The molecule has 0 radical (unpaired) electrons. The molecule has 0 aromatic heterocycles. The molecular formula is C63H123NO10. The first-order valence-electron chi connectivity index (χ1n) is 32.1. The van der Waals surface area contributed by atoms with Crippen molar-refractivity contribution in [2.45, 2.75) is 371 Å². The molecule has 1 heterocycles. The average molecular weight is 1050 g/mol. The minimum absolute atomic E-state index is 0.256. The highest BCUT2D eigenvalue weighted by Gasteiger charge is 2.44. The largest absolute Gasteiger partial charge is 0.394 e. The van der Waals surface area contributed by atoms with Crippen molar-refractivity contribution in [2.24, 2.45) is 0 Å². The third-order valence-corrected chi connectivity index (χ3v) is 15.8.